The summed E-state index contributed by atoms with van der Waals surface area (Å²) in [5.41, 5.74) is 4.98. The Hall–Kier alpha value is -1.80. The van der Waals surface area contributed by atoms with Crippen molar-refractivity contribution < 1.29 is 22.8 Å². The van der Waals surface area contributed by atoms with Crippen LogP contribution >= 0.6 is 12.4 Å². The highest BCUT2D eigenvalue weighted by molar-refractivity contribution is 5.94. The SMILES string of the molecule is CC(N)CCC(=O)NCC(=O)Nc1ccc(F)c(F)c1F.Cl. The normalized spacial score (nSPS) is 11.3. The Kier molecular flexibility index (Phi) is 8.51. The number of rotatable bonds is 6. The molecule has 1 unspecified atom stereocenters. The van der Waals surface area contributed by atoms with Crippen LogP contribution in [-0.4, -0.2) is 24.4 Å². The molecule has 1 aromatic carbocycles. The maximum absolute atomic E-state index is 13.3. The fourth-order valence-electron chi connectivity index (χ4n) is 1.44. The maximum atomic E-state index is 13.3. The van der Waals surface area contributed by atoms with Crippen LogP contribution in [0.4, 0.5) is 18.9 Å². The third-order valence-electron chi connectivity index (χ3n) is 2.58. The Morgan fingerprint density at radius 2 is 1.82 bits per heavy atom. The third-order valence-corrected chi connectivity index (χ3v) is 2.58. The second kappa shape index (κ2) is 9.26. The topological polar surface area (TPSA) is 84.2 Å². The van der Waals surface area contributed by atoms with Gasteiger partial charge >= 0.3 is 0 Å². The zero-order chi connectivity index (χ0) is 16.0. The molecule has 0 aromatic heterocycles. The molecular formula is C13H17ClF3N3O2. The summed E-state index contributed by atoms with van der Waals surface area (Å²) in [4.78, 5) is 22.8. The molecule has 1 rings (SSSR count). The van der Waals surface area contributed by atoms with Gasteiger partial charge in [0.2, 0.25) is 11.8 Å². The Bertz CT molecular complexity index is 542. The van der Waals surface area contributed by atoms with Crippen molar-refractivity contribution in [3.63, 3.8) is 0 Å². The van der Waals surface area contributed by atoms with Crippen molar-refractivity contribution in [2.24, 2.45) is 5.73 Å². The first kappa shape index (κ1) is 20.2. The Balaban J connectivity index is 0.00000441. The molecule has 0 fully saturated rings. The third kappa shape index (κ3) is 6.31. The second-order valence-corrected chi connectivity index (χ2v) is 4.56. The molecule has 9 heteroatoms. The molecule has 0 saturated carbocycles. The fourth-order valence-corrected chi connectivity index (χ4v) is 1.44. The molecule has 0 aliphatic heterocycles. The predicted molar refractivity (Wildman–Crippen MR) is 78.1 cm³/mol. The van der Waals surface area contributed by atoms with Crippen LogP contribution in [0.25, 0.3) is 0 Å². The van der Waals surface area contributed by atoms with Crippen LogP contribution in [0.5, 0.6) is 0 Å². The number of halogens is 4. The van der Waals surface area contributed by atoms with E-state index in [4.69, 9.17) is 5.73 Å². The number of benzene rings is 1. The van der Waals surface area contributed by atoms with E-state index in [9.17, 15) is 22.8 Å². The summed E-state index contributed by atoms with van der Waals surface area (Å²) in [5.74, 6) is -5.66. The van der Waals surface area contributed by atoms with Crippen molar-refractivity contribution in [2.75, 3.05) is 11.9 Å². The zero-order valence-corrected chi connectivity index (χ0v) is 12.6. The molecule has 1 atom stereocenters. The van der Waals surface area contributed by atoms with Crippen molar-refractivity contribution >= 4 is 29.9 Å². The molecule has 0 saturated heterocycles. The minimum absolute atomic E-state index is 0. The standard InChI is InChI=1S/C13H16F3N3O2.ClH/c1-7(17)2-5-10(20)18-6-11(21)19-9-4-3-8(14)12(15)13(9)16;/h3-4,7H,2,5-6,17H2,1H3,(H,18,20)(H,19,21);1H. The van der Waals surface area contributed by atoms with Crippen LogP contribution in [0.1, 0.15) is 19.8 Å². The number of anilines is 1. The van der Waals surface area contributed by atoms with Gasteiger partial charge in [-0.3, -0.25) is 9.59 Å². The lowest BCUT2D eigenvalue weighted by Gasteiger charge is -2.09. The average molecular weight is 340 g/mol. The average Bonchev–Trinajstić information content (AvgIpc) is 2.43. The number of carbonyl (C=O) groups is 2. The van der Waals surface area contributed by atoms with Crippen molar-refractivity contribution in [1.82, 2.24) is 5.32 Å². The number of nitrogens with one attached hydrogen (secondary N) is 2. The maximum Gasteiger partial charge on any atom is 0.243 e. The zero-order valence-electron chi connectivity index (χ0n) is 11.8. The van der Waals surface area contributed by atoms with Gasteiger partial charge in [-0.05, 0) is 25.5 Å². The first-order chi connectivity index (χ1) is 9.81. The highest BCUT2D eigenvalue weighted by Gasteiger charge is 2.15. The van der Waals surface area contributed by atoms with Gasteiger partial charge in [0.1, 0.15) is 0 Å². The van der Waals surface area contributed by atoms with Gasteiger partial charge in [0.25, 0.3) is 0 Å². The highest BCUT2D eigenvalue weighted by atomic mass is 35.5. The van der Waals surface area contributed by atoms with Gasteiger partial charge in [-0.1, -0.05) is 0 Å². The molecule has 22 heavy (non-hydrogen) atoms. The number of hydrogen-bond donors (Lipinski definition) is 3. The molecule has 0 bridgehead atoms. The monoisotopic (exact) mass is 339 g/mol. The molecular weight excluding hydrogens is 323 g/mol. The summed E-state index contributed by atoms with van der Waals surface area (Å²) >= 11 is 0. The van der Waals surface area contributed by atoms with E-state index in [0.29, 0.717) is 12.5 Å². The van der Waals surface area contributed by atoms with Crippen molar-refractivity contribution in [3.8, 4) is 0 Å². The molecule has 0 aliphatic carbocycles. The van der Waals surface area contributed by atoms with E-state index in [0.717, 1.165) is 6.07 Å². The summed E-state index contributed by atoms with van der Waals surface area (Å²) in [6.45, 7) is 1.34. The largest absolute Gasteiger partial charge is 0.347 e. The molecule has 0 aliphatic rings. The summed E-state index contributed by atoms with van der Waals surface area (Å²) in [5, 5.41) is 4.35. The molecule has 0 spiro atoms. The van der Waals surface area contributed by atoms with E-state index in [1.165, 1.54) is 0 Å². The van der Waals surface area contributed by atoms with E-state index >= 15 is 0 Å². The number of nitrogens with two attached hydrogens (primary N) is 1. The van der Waals surface area contributed by atoms with E-state index < -0.39 is 35.6 Å². The summed E-state index contributed by atoms with van der Waals surface area (Å²) in [6.07, 6.45) is 0.621. The van der Waals surface area contributed by atoms with Gasteiger partial charge in [0.05, 0.1) is 12.2 Å². The van der Waals surface area contributed by atoms with Crippen LogP contribution in [-0.2, 0) is 9.59 Å². The lowest BCUT2D eigenvalue weighted by Crippen LogP contribution is -2.33. The van der Waals surface area contributed by atoms with Crippen LogP contribution in [0, 0.1) is 17.5 Å². The minimum Gasteiger partial charge on any atom is -0.347 e. The fraction of sp³-hybridized carbons (Fsp3) is 0.385. The van der Waals surface area contributed by atoms with Gasteiger partial charge in [0.15, 0.2) is 17.5 Å². The molecule has 0 radical (unpaired) electrons. The van der Waals surface area contributed by atoms with Crippen molar-refractivity contribution in [1.29, 1.82) is 0 Å². The Labute approximate surface area is 131 Å². The van der Waals surface area contributed by atoms with E-state index in [1.54, 1.807) is 6.92 Å². The van der Waals surface area contributed by atoms with Gasteiger partial charge in [-0.2, -0.15) is 0 Å². The Morgan fingerprint density at radius 3 is 2.41 bits per heavy atom. The smallest absolute Gasteiger partial charge is 0.243 e. The van der Waals surface area contributed by atoms with E-state index in [-0.39, 0.29) is 30.8 Å². The Morgan fingerprint density at radius 1 is 1.18 bits per heavy atom. The van der Waals surface area contributed by atoms with E-state index in [1.807, 2.05) is 5.32 Å². The van der Waals surface area contributed by atoms with E-state index in [2.05, 4.69) is 5.32 Å². The number of hydrogen-bond acceptors (Lipinski definition) is 3. The van der Waals surface area contributed by atoms with Crippen LogP contribution in [0.3, 0.4) is 0 Å². The lowest BCUT2D eigenvalue weighted by atomic mass is 10.2. The quantitative estimate of drug-likeness (QED) is 0.690. The second-order valence-electron chi connectivity index (χ2n) is 4.56. The molecule has 5 nitrogen and oxygen atoms in total. The minimum atomic E-state index is -1.67. The van der Waals surface area contributed by atoms with Gasteiger partial charge in [-0.15, -0.1) is 12.4 Å². The van der Waals surface area contributed by atoms with Crippen LogP contribution in [0.15, 0.2) is 12.1 Å². The van der Waals surface area contributed by atoms with Crippen LogP contribution < -0.4 is 16.4 Å². The van der Waals surface area contributed by atoms with Crippen molar-refractivity contribution in [2.45, 2.75) is 25.8 Å². The number of carbonyl (C=O) groups excluding carboxylic acids is 2. The summed E-state index contributed by atoms with van der Waals surface area (Å²) in [6, 6.07) is 1.44. The molecule has 1 aromatic rings. The summed E-state index contributed by atoms with van der Waals surface area (Å²) in [7, 11) is 0. The van der Waals surface area contributed by atoms with Crippen LogP contribution in [0.2, 0.25) is 0 Å². The van der Waals surface area contributed by atoms with Gasteiger partial charge < -0.3 is 16.4 Å². The predicted octanol–water partition coefficient (Wildman–Crippen LogP) is 1.71. The first-order valence-electron chi connectivity index (χ1n) is 6.27. The first-order valence-corrected chi connectivity index (χ1v) is 6.27. The molecule has 124 valence electrons. The highest BCUT2D eigenvalue weighted by Crippen LogP contribution is 2.19. The van der Waals surface area contributed by atoms with Gasteiger partial charge in [0, 0.05) is 12.5 Å². The number of amides is 2. The van der Waals surface area contributed by atoms with Gasteiger partial charge in [-0.25, -0.2) is 13.2 Å². The summed E-state index contributed by atoms with van der Waals surface area (Å²) < 4.78 is 39.0. The molecule has 4 N–H and O–H groups in total. The van der Waals surface area contributed by atoms with Crippen molar-refractivity contribution in [3.05, 3.63) is 29.6 Å². The lowest BCUT2D eigenvalue weighted by molar-refractivity contribution is -0.124. The molecule has 0 heterocycles. The molecule has 2 amide bonds.